The fourth-order valence-corrected chi connectivity index (χ4v) is 4.54. The van der Waals surface area contributed by atoms with Gasteiger partial charge in [0.2, 0.25) is 0 Å². The molecule has 2 bridgehead atoms. The number of allylic oxidation sites excluding steroid dienone is 2. The smallest absolute Gasteiger partial charge is 0.266 e. The quantitative estimate of drug-likeness (QED) is 0.686. The van der Waals surface area contributed by atoms with Crippen molar-refractivity contribution in [2.45, 2.75) is 29.8 Å². The van der Waals surface area contributed by atoms with Gasteiger partial charge in [0.25, 0.3) is 0 Å². The Hall–Kier alpha value is -1.46. The Morgan fingerprint density at radius 3 is 2.77 bits per heavy atom. The van der Waals surface area contributed by atoms with Gasteiger partial charge in [0.15, 0.2) is 5.16 Å². The number of rotatable bonds is 4. The Labute approximate surface area is 137 Å². The molecule has 3 atom stereocenters. The van der Waals surface area contributed by atoms with Crippen LogP contribution < -0.4 is 5.69 Å². The Bertz CT molecular complexity index is 764. The summed E-state index contributed by atoms with van der Waals surface area (Å²) in [5.41, 5.74) is 1.08. The van der Waals surface area contributed by atoms with Crippen molar-refractivity contribution in [1.82, 2.24) is 14.8 Å². The van der Waals surface area contributed by atoms with E-state index in [0.29, 0.717) is 11.8 Å². The predicted molar refractivity (Wildman–Crippen MR) is 88.3 cm³/mol. The van der Waals surface area contributed by atoms with E-state index in [1.807, 2.05) is 28.8 Å². The van der Waals surface area contributed by atoms with Crippen molar-refractivity contribution in [3.05, 3.63) is 57.5 Å². The molecule has 0 saturated heterocycles. The first-order chi connectivity index (χ1) is 10.7. The number of halogens is 1. The summed E-state index contributed by atoms with van der Waals surface area (Å²) in [6, 6.07) is 8.04. The molecule has 4 rings (SSSR count). The van der Waals surface area contributed by atoms with Crippen LogP contribution in [0.25, 0.3) is 0 Å². The van der Waals surface area contributed by atoms with Crippen molar-refractivity contribution in [2.75, 3.05) is 0 Å². The molecule has 0 unspecified atom stereocenters. The maximum absolute atomic E-state index is 12.1. The van der Waals surface area contributed by atoms with E-state index in [2.05, 4.69) is 22.3 Å². The number of nitrogens with one attached hydrogen (secondary N) is 1. The molecule has 2 aliphatic rings. The largest absolute Gasteiger partial charge is 0.344 e. The summed E-state index contributed by atoms with van der Waals surface area (Å²) in [6.07, 6.45) is 6.76. The van der Waals surface area contributed by atoms with Gasteiger partial charge in [-0.25, -0.2) is 9.89 Å². The normalized spacial score (nSPS) is 26.0. The second-order valence-electron chi connectivity index (χ2n) is 5.94. The molecule has 2 aliphatic carbocycles. The van der Waals surface area contributed by atoms with E-state index in [9.17, 15) is 4.79 Å². The number of aromatic nitrogens is 3. The number of hydrogen-bond donors (Lipinski definition) is 1. The fraction of sp³-hybridized carbons (Fsp3) is 0.375. The molecule has 0 amide bonds. The third-order valence-electron chi connectivity index (χ3n) is 4.53. The third kappa shape index (κ3) is 2.52. The zero-order valence-corrected chi connectivity index (χ0v) is 13.5. The van der Waals surface area contributed by atoms with Crippen LogP contribution in [-0.2, 0) is 5.75 Å². The molecule has 1 heterocycles. The molecule has 0 aliphatic heterocycles. The Morgan fingerprint density at radius 2 is 2.09 bits per heavy atom. The van der Waals surface area contributed by atoms with Crippen molar-refractivity contribution in [1.29, 1.82) is 0 Å². The summed E-state index contributed by atoms with van der Waals surface area (Å²) in [6.45, 7) is 0. The lowest BCUT2D eigenvalue weighted by atomic mass is 10.0. The first kappa shape index (κ1) is 14.2. The monoisotopic (exact) mass is 333 g/mol. The van der Waals surface area contributed by atoms with E-state index in [1.165, 1.54) is 12.0 Å². The number of fused-ring (bicyclic) bond motifs is 2. The van der Waals surface area contributed by atoms with Gasteiger partial charge in [-0.05, 0) is 42.4 Å². The molecule has 4 nitrogen and oxygen atoms in total. The highest BCUT2D eigenvalue weighted by atomic mass is 35.5. The van der Waals surface area contributed by atoms with Crippen LogP contribution in [0.15, 0.2) is 46.4 Å². The Balaban J connectivity index is 1.54. The van der Waals surface area contributed by atoms with Gasteiger partial charge >= 0.3 is 5.69 Å². The van der Waals surface area contributed by atoms with Crippen molar-refractivity contribution in [2.24, 2.45) is 11.8 Å². The minimum absolute atomic E-state index is 0.0930. The lowest BCUT2D eigenvalue weighted by molar-refractivity contribution is 0.396. The molecular weight excluding hydrogens is 318 g/mol. The molecule has 22 heavy (non-hydrogen) atoms. The molecule has 1 saturated carbocycles. The highest BCUT2D eigenvalue weighted by molar-refractivity contribution is 7.98. The minimum Gasteiger partial charge on any atom is -0.266 e. The number of thioether (sulfide) groups is 1. The lowest BCUT2D eigenvalue weighted by Crippen LogP contribution is -2.25. The van der Waals surface area contributed by atoms with Crippen LogP contribution in [0.4, 0.5) is 0 Å². The van der Waals surface area contributed by atoms with E-state index < -0.39 is 0 Å². The number of benzene rings is 1. The van der Waals surface area contributed by atoms with Gasteiger partial charge in [-0.15, -0.1) is 5.10 Å². The van der Waals surface area contributed by atoms with Crippen molar-refractivity contribution in [3.63, 3.8) is 0 Å². The lowest BCUT2D eigenvalue weighted by Gasteiger charge is -2.20. The van der Waals surface area contributed by atoms with Crippen molar-refractivity contribution >= 4 is 23.4 Å². The maximum atomic E-state index is 12.1. The van der Waals surface area contributed by atoms with Gasteiger partial charge in [0.1, 0.15) is 0 Å². The highest BCUT2D eigenvalue weighted by Crippen LogP contribution is 2.46. The third-order valence-corrected chi connectivity index (χ3v) is 5.80. The summed E-state index contributed by atoms with van der Waals surface area (Å²) in [5, 5.41) is 8.34. The van der Waals surface area contributed by atoms with Gasteiger partial charge in [0.05, 0.1) is 0 Å². The number of H-pyrrole nitrogens is 1. The second kappa shape index (κ2) is 5.63. The summed E-state index contributed by atoms with van der Waals surface area (Å²) in [5.74, 6) is 1.89. The zero-order chi connectivity index (χ0) is 15.1. The van der Waals surface area contributed by atoms with Crippen molar-refractivity contribution in [3.8, 4) is 0 Å². The summed E-state index contributed by atoms with van der Waals surface area (Å²) < 4.78 is 1.86. The molecule has 1 N–H and O–H groups in total. The minimum atomic E-state index is -0.0930. The molecule has 114 valence electrons. The summed E-state index contributed by atoms with van der Waals surface area (Å²) in [7, 11) is 0. The molecule has 6 heteroatoms. The summed E-state index contributed by atoms with van der Waals surface area (Å²) >= 11 is 7.50. The van der Waals surface area contributed by atoms with Crippen LogP contribution in [0.3, 0.4) is 0 Å². The molecule has 1 aromatic carbocycles. The maximum Gasteiger partial charge on any atom is 0.344 e. The van der Waals surface area contributed by atoms with Crippen LogP contribution in [0.5, 0.6) is 0 Å². The Kier molecular flexibility index (Phi) is 3.62. The van der Waals surface area contributed by atoms with Crippen LogP contribution in [0.1, 0.15) is 24.4 Å². The molecule has 1 aromatic heterocycles. The number of nitrogens with zero attached hydrogens (tertiary/aromatic N) is 2. The fourth-order valence-electron chi connectivity index (χ4n) is 3.46. The van der Waals surface area contributed by atoms with E-state index in [4.69, 9.17) is 11.6 Å². The highest BCUT2D eigenvalue weighted by Gasteiger charge is 2.38. The predicted octanol–water partition coefficient (Wildman–Crippen LogP) is 3.65. The van der Waals surface area contributed by atoms with Gasteiger partial charge in [-0.2, -0.15) is 0 Å². The van der Waals surface area contributed by atoms with E-state index >= 15 is 0 Å². The Morgan fingerprint density at radius 1 is 1.27 bits per heavy atom. The first-order valence-electron chi connectivity index (χ1n) is 7.43. The molecular formula is C16H16ClN3OS. The van der Waals surface area contributed by atoms with Gasteiger partial charge in [-0.1, -0.05) is 47.6 Å². The SMILES string of the molecule is O=c1[nH]nc(SCc2ccc(Cl)cc2)n1[C@H]1C[C@@H]2C=C[C@H]1C2. The average Bonchev–Trinajstić information content (AvgIpc) is 3.22. The molecule has 2 aromatic rings. The van der Waals surface area contributed by atoms with Gasteiger partial charge < -0.3 is 0 Å². The molecule has 0 spiro atoms. The van der Waals surface area contributed by atoms with E-state index in [1.54, 1.807) is 11.8 Å². The number of aromatic amines is 1. The second-order valence-corrected chi connectivity index (χ2v) is 7.32. The topological polar surface area (TPSA) is 50.7 Å². The van der Waals surface area contributed by atoms with E-state index in [-0.39, 0.29) is 11.7 Å². The van der Waals surface area contributed by atoms with Gasteiger partial charge in [-0.3, -0.25) is 4.57 Å². The average molecular weight is 334 g/mol. The van der Waals surface area contributed by atoms with Crippen LogP contribution in [0.2, 0.25) is 5.02 Å². The number of hydrogen-bond acceptors (Lipinski definition) is 3. The van der Waals surface area contributed by atoms with Crippen LogP contribution in [0, 0.1) is 11.8 Å². The van der Waals surface area contributed by atoms with Crippen molar-refractivity contribution < 1.29 is 0 Å². The summed E-state index contributed by atoms with van der Waals surface area (Å²) in [4.78, 5) is 12.1. The molecule has 0 radical (unpaired) electrons. The zero-order valence-electron chi connectivity index (χ0n) is 11.9. The van der Waals surface area contributed by atoms with E-state index in [0.717, 1.165) is 22.4 Å². The van der Waals surface area contributed by atoms with Gasteiger partial charge in [0, 0.05) is 16.8 Å². The standard InChI is InChI=1S/C16H16ClN3OS/c17-13-5-2-10(3-6-13)9-22-16-19-18-15(21)20(16)14-8-11-1-4-12(14)7-11/h1-6,11-12,14H,7-9H2,(H,18,21)/t11-,12+,14+/m1/s1. The van der Waals surface area contributed by atoms with Crippen LogP contribution in [-0.4, -0.2) is 14.8 Å². The molecule has 1 fully saturated rings. The first-order valence-corrected chi connectivity index (χ1v) is 8.79. The van der Waals surface area contributed by atoms with Crippen LogP contribution >= 0.6 is 23.4 Å².